The first-order valence-corrected chi connectivity index (χ1v) is 12.3. The van der Waals surface area contributed by atoms with Gasteiger partial charge in [-0.05, 0) is 5.92 Å². The van der Waals surface area contributed by atoms with Crippen LogP contribution >= 0.6 is 0 Å². The molecule has 0 nitrogen and oxygen atoms in total. The van der Waals surface area contributed by atoms with Crippen molar-refractivity contribution in [3.05, 3.63) is 0 Å². The summed E-state index contributed by atoms with van der Waals surface area (Å²) >= 11 is 0. The summed E-state index contributed by atoms with van der Waals surface area (Å²) in [7, 11) is 0. The van der Waals surface area contributed by atoms with Crippen molar-refractivity contribution in [3.8, 4) is 0 Å². The van der Waals surface area contributed by atoms with Crippen molar-refractivity contribution >= 4 is 0 Å². The van der Waals surface area contributed by atoms with Crippen molar-refractivity contribution in [2.75, 3.05) is 0 Å². The Balaban J connectivity index is 3.24. The maximum atomic E-state index is 2.41. The molecule has 0 N–H and O–H groups in total. The van der Waals surface area contributed by atoms with Crippen molar-refractivity contribution < 1.29 is 0 Å². The van der Waals surface area contributed by atoms with E-state index >= 15 is 0 Å². The van der Waals surface area contributed by atoms with Gasteiger partial charge in [0.05, 0.1) is 0 Å². The van der Waals surface area contributed by atoms with Gasteiger partial charge in [-0.1, -0.05) is 156 Å². The molecule has 152 valence electrons. The summed E-state index contributed by atoms with van der Waals surface area (Å²) in [5.41, 5.74) is 0. The van der Waals surface area contributed by atoms with E-state index in [9.17, 15) is 0 Å². The van der Waals surface area contributed by atoms with Crippen LogP contribution in [0.25, 0.3) is 0 Å². The molecule has 1 unspecified atom stereocenters. The zero-order valence-corrected chi connectivity index (χ0v) is 18.4. The molecule has 0 heteroatoms. The molecule has 0 aromatic heterocycles. The molecule has 0 aromatic rings. The van der Waals surface area contributed by atoms with E-state index in [1.54, 1.807) is 0 Å². The minimum atomic E-state index is 1.02. The summed E-state index contributed by atoms with van der Waals surface area (Å²) < 4.78 is 0. The number of rotatable bonds is 21. The lowest BCUT2D eigenvalue weighted by Crippen LogP contribution is -1.99. The summed E-state index contributed by atoms with van der Waals surface area (Å²) in [5.74, 6) is 1.02. The van der Waals surface area contributed by atoms with Gasteiger partial charge in [0.2, 0.25) is 0 Å². The molecule has 0 heterocycles. The summed E-state index contributed by atoms with van der Waals surface area (Å²) in [4.78, 5) is 0. The minimum absolute atomic E-state index is 1.02. The molecule has 0 radical (unpaired) electrons. The molecule has 0 aliphatic carbocycles. The summed E-state index contributed by atoms with van der Waals surface area (Å²) in [5, 5.41) is 0. The highest BCUT2D eigenvalue weighted by molar-refractivity contribution is 4.59. The fourth-order valence-corrected chi connectivity index (χ4v) is 4.04. The van der Waals surface area contributed by atoms with Crippen LogP contribution in [-0.4, -0.2) is 0 Å². The zero-order chi connectivity index (χ0) is 18.4. The largest absolute Gasteiger partial charge is 0.0654 e. The zero-order valence-electron chi connectivity index (χ0n) is 18.4. The fraction of sp³-hybridized carbons (Fsp3) is 1.00. The molecule has 0 aliphatic rings. The Bertz CT molecular complexity index is 220. The van der Waals surface area contributed by atoms with Gasteiger partial charge >= 0.3 is 0 Å². The van der Waals surface area contributed by atoms with E-state index in [-0.39, 0.29) is 0 Å². The standard InChI is InChI=1S/C25H52/c1-4-7-9-11-13-14-15-16-17-18-20-22-24-25(6-3)23-21-19-12-10-8-5-2/h25H,4-24H2,1-3H3. The van der Waals surface area contributed by atoms with Gasteiger partial charge in [0.15, 0.2) is 0 Å². The van der Waals surface area contributed by atoms with Gasteiger partial charge in [0.1, 0.15) is 0 Å². The Kier molecular flexibility index (Phi) is 22.0. The third-order valence-corrected chi connectivity index (χ3v) is 6.01. The molecule has 0 fully saturated rings. The van der Waals surface area contributed by atoms with Gasteiger partial charge in [0.25, 0.3) is 0 Å². The Morgan fingerprint density at radius 3 is 0.920 bits per heavy atom. The topological polar surface area (TPSA) is 0 Å². The second-order valence-corrected chi connectivity index (χ2v) is 8.51. The highest BCUT2D eigenvalue weighted by Crippen LogP contribution is 2.21. The van der Waals surface area contributed by atoms with E-state index in [0.717, 1.165) is 5.92 Å². The van der Waals surface area contributed by atoms with Crippen LogP contribution in [0.5, 0.6) is 0 Å². The van der Waals surface area contributed by atoms with Crippen molar-refractivity contribution in [2.45, 2.75) is 156 Å². The van der Waals surface area contributed by atoms with Crippen LogP contribution in [0.2, 0.25) is 0 Å². The quantitative estimate of drug-likeness (QED) is 0.180. The molecule has 0 aromatic carbocycles. The third-order valence-electron chi connectivity index (χ3n) is 6.01. The molecule has 25 heavy (non-hydrogen) atoms. The van der Waals surface area contributed by atoms with Gasteiger partial charge in [0, 0.05) is 0 Å². The Hall–Kier alpha value is 0. The van der Waals surface area contributed by atoms with E-state index in [4.69, 9.17) is 0 Å². The highest BCUT2D eigenvalue weighted by atomic mass is 14.1. The molecule has 0 saturated heterocycles. The van der Waals surface area contributed by atoms with Gasteiger partial charge in [-0.25, -0.2) is 0 Å². The van der Waals surface area contributed by atoms with Crippen LogP contribution < -0.4 is 0 Å². The van der Waals surface area contributed by atoms with Crippen molar-refractivity contribution in [2.24, 2.45) is 5.92 Å². The molecule has 0 aliphatic heterocycles. The smallest absolute Gasteiger partial charge is 0.0417 e. The van der Waals surface area contributed by atoms with E-state index in [1.807, 2.05) is 0 Å². The predicted molar refractivity (Wildman–Crippen MR) is 117 cm³/mol. The molecular formula is C25H52. The van der Waals surface area contributed by atoms with Crippen LogP contribution in [0, 0.1) is 5.92 Å². The highest BCUT2D eigenvalue weighted by Gasteiger charge is 2.05. The van der Waals surface area contributed by atoms with Crippen molar-refractivity contribution in [3.63, 3.8) is 0 Å². The summed E-state index contributed by atoms with van der Waals surface area (Å²) in [6, 6.07) is 0. The lowest BCUT2D eigenvalue weighted by atomic mass is 9.92. The van der Waals surface area contributed by atoms with Gasteiger partial charge in [-0.2, -0.15) is 0 Å². The molecule has 1 atom stereocenters. The van der Waals surface area contributed by atoms with E-state index in [2.05, 4.69) is 20.8 Å². The fourth-order valence-electron chi connectivity index (χ4n) is 4.04. The third kappa shape index (κ3) is 20.2. The maximum Gasteiger partial charge on any atom is -0.0417 e. The Labute approximate surface area is 161 Å². The molecular weight excluding hydrogens is 300 g/mol. The van der Waals surface area contributed by atoms with Crippen molar-refractivity contribution in [1.29, 1.82) is 0 Å². The number of hydrogen-bond acceptors (Lipinski definition) is 0. The lowest BCUT2D eigenvalue weighted by Gasteiger charge is -2.14. The monoisotopic (exact) mass is 352 g/mol. The molecule has 0 bridgehead atoms. The van der Waals surface area contributed by atoms with E-state index in [1.165, 1.54) is 135 Å². The Morgan fingerprint density at radius 1 is 0.360 bits per heavy atom. The van der Waals surface area contributed by atoms with Crippen LogP contribution in [0.1, 0.15) is 156 Å². The van der Waals surface area contributed by atoms with E-state index in [0.29, 0.717) is 0 Å². The lowest BCUT2D eigenvalue weighted by molar-refractivity contribution is 0.392. The van der Waals surface area contributed by atoms with Gasteiger partial charge in [-0.3, -0.25) is 0 Å². The maximum absolute atomic E-state index is 2.41. The average molecular weight is 353 g/mol. The first kappa shape index (κ1) is 25.0. The van der Waals surface area contributed by atoms with E-state index < -0.39 is 0 Å². The van der Waals surface area contributed by atoms with Gasteiger partial charge < -0.3 is 0 Å². The second-order valence-electron chi connectivity index (χ2n) is 8.51. The van der Waals surface area contributed by atoms with Crippen LogP contribution in [0.15, 0.2) is 0 Å². The predicted octanol–water partition coefficient (Wildman–Crippen LogP) is 9.85. The first-order valence-electron chi connectivity index (χ1n) is 12.3. The normalized spacial score (nSPS) is 12.6. The number of unbranched alkanes of at least 4 members (excludes halogenated alkanes) is 16. The minimum Gasteiger partial charge on any atom is -0.0654 e. The molecule has 0 saturated carbocycles. The van der Waals surface area contributed by atoms with Crippen LogP contribution in [0.3, 0.4) is 0 Å². The second kappa shape index (κ2) is 22.0. The molecule has 0 rings (SSSR count). The SMILES string of the molecule is CCCCCCCCCCCCCCC(CC)CCCCCCCC. The molecule has 0 spiro atoms. The van der Waals surface area contributed by atoms with Crippen molar-refractivity contribution in [1.82, 2.24) is 0 Å². The van der Waals surface area contributed by atoms with Crippen LogP contribution in [-0.2, 0) is 0 Å². The average Bonchev–Trinajstić information content (AvgIpc) is 2.63. The molecule has 0 amide bonds. The number of hydrogen-bond donors (Lipinski definition) is 0. The summed E-state index contributed by atoms with van der Waals surface area (Å²) in [6.45, 7) is 7.02. The van der Waals surface area contributed by atoms with Gasteiger partial charge in [-0.15, -0.1) is 0 Å². The van der Waals surface area contributed by atoms with Crippen LogP contribution in [0.4, 0.5) is 0 Å². The summed E-state index contributed by atoms with van der Waals surface area (Å²) in [6.07, 6.45) is 30.8. The first-order chi connectivity index (χ1) is 12.3. The Morgan fingerprint density at radius 2 is 0.640 bits per heavy atom.